The van der Waals surface area contributed by atoms with Gasteiger partial charge in [-0.1, -0.05) is 146 Å². The van der Waals surface area contributed by atoms with Crippen LogP contribution in [0.5, 0.6) is 0 Å². The van der Waals surface area contributed by atoms with Gasteiger partial charge in [0.05, 0.1) is 27.9 Å². The Labute approximate surface area is 304 Å². The van der Waals surface area contributed by atoms with E-state index in [0.717, 1.165) is 39.0 Å². The summed E-state index contributed by atoms with van der Waals surface area (Å²) in [5.74, 6) is 0. The van der Waals surface area contributed by atoms with Gasteiger partial charge in [-0.25, -0.2) is 0 Å². The molecule has 3 aromatic heterocycles. The standard InChI is InChI=1S/C50H30N2O/c1-2-15-31(16-3-1)47-38-22-6-4-17-33(38)34-18-5-7-23-39(34)49(47)51(45-27-14-24-40-37-21-10-13-28-46(37)53-50(40)45)32-29-41-35-19-8-11-25-43(35)52-44-26-12-9-20-36(44)42(30-32)48(41)52/h1-30H. The molecule has 3 heteroatoms. The molecule has 12 rings (SSSR count). The minimum Gasteiger partial charge on any atom is -0.454 e. The van der Waals surface area contributed by atoms with Crippen LogP contribution in [-0.2, 0) is 0 Å². The second-order valence-corrected chi connectivity index (χ2v) is 14.0. The van der Waals surface area contributed by atoms with E-state index < -0.39 is 0 Å². The maximum Gasteiger partial charge on any atom is 0.159 e. The second kappa shape index (κ2) is 10.7. The van der Waals surface area contributed by atoms with Gasteiger partial charge in [0.25, 0.3) is 0 Å². The predicted molar refractivity (Wildman–Crippen MR) is 224 cm³/mol. The lowest BCUT2D eigenvalue weighted by Crippen LogP contribution is -2.13. The van der Waals surface area contributed by atoms with Gasteiger partial charge in [-0.15, -0.1) is 0 Å². The average Bonchev–Trinajstić information content (AvgIpc) is 3.89. The van der Waals surface area contributed by atoms with Crippen molar-refractivity contribution in [1.82, 2.24) is 4.40 Å². The summed E-state index contributed by atoms with van der Waals surface area (Å²) in [6.45, 7) is 0. The van der Waals surface area contributed by atoms with E-state index in [2.05, 4.69) is 191 Å². The van der Waals surface area contributed by atoms with Gasteiger partial charge in [0.2, 0.25) is 0 Å². The molecule has 0 aliphatic heterocycles. The van der Waals surface area contributed by atoms with Crippen LogP contribution in [-0.4, -0.2) is 4.40 Å². The number of furan rings is 1. The molecule has 246 valence electrons. The van der Waals surface area contributed by atoms with Crippen molar-refractivity contribution in [2.24, 2.45) is 0 Å². The van der Waals surface area contributed by atoms with E-state index in [-0.39, 0.29) is 0 Å². The van der Waals surface area contributed by atoms with Crippen LogP contribution in [0.4, 0.5) is 17.1 Å². The first-order chi connectivity index (χ1) is 26.3. The van der Waals surface area contributed by atoms with Crippen molar-refractivity contribution < 1.29 is 4.42 Å². The highest BCUT2D eigenvalue weighted by molar-refractivity contribution is 6.27. The molecule has 3 heterocycles. The molecule has 12 aromatic rings. The Morgan fingerprint density at radius 3 is 1.62 bits per heavy atom. The minimum absolute atomic E-state index is 0.865. The number of hydrogen-bond donors (Lipinski definition) is 0. The zero-order valence-corrected chi connectivity index (χ0v) is 28.6. The first kappa shape index (κ1) is 28.6. The Kier molecular flexibility index (Phi) is 5.77. The zero-order chi connectivity index (χ0) is 34.6. The number of aromatic nitrogens is 1. The van der Waals surface area contributed by atoms with Gasteiger partial charge in [0.15, 0.2) is 5.58 Å². The largest absolute Gasteiger partial charge is 0.454 e. The third-order valence-electron chi connectivity index (χ3n) is 11.3. The maximum absolute atomic E-state index is 6.87. The number of benzene rings is 9. The van der Waals surface area contributed by atoms with Gasteiger partial charge in [-0.3, -0.25) is 0 Å². The van der Waals surface area contributed by atoms with E-state index in [0.29, 0.717) is 0 Å². The van der Waals surface area contributed by atoms with Crippen molar-refractivity contribution in [3.05, 3.63) is 182 Å². The lowest BCUT2D eigenvalue weighted by atomic mass is 9.90. The van der Waals surface area contributed by atoms with E-state index >= 15 is 0 Å². The van der Waals surface area contributed by atoms with Crippen LogP contribution >= 0.6 is 0 Å². The molecular weight excluding hydrogens is 645 g/mol. The Morgan fingerprint density at radius 2 is 0.925 bits per heavy atom. The second-order valence-electron chi connectivity index (χ2n) is 14.0. The molecule has 0 atom stereocenters. The van der Waals surface area contributed by atoms with Gasteiger partial charge in [-0.2, -0.15) is 0 Å². The first-order valence-electron chi connectivity index (χ1n) is 18.2. The topological polar surface area (TPSA) is 20.8 Å². The van der Waals surface area contributed by atoms with Crippen molar-refractivity contribution in [1.29, 1.82) is 0 Å². The SMILES string of the molecule is c1ccc(-c2c(N(c3cc4c5ccccc5n5c6ccccc6c(c3)c45)c3cccc4c3oc3ccccc34)c3ccccc3c3ccccc23)cc1. The van der Waals surface area contributed by atoms with Gasteiger partial charge in [0, 0.05) is 49.0 Å². The Hall–Kier alpha value is -7.10. The van der Waals surface area contributed by atoms with Gasteiger partial charge in [-0.05, 0) is 58.1 Å². The third-order valence-corrected chi connectivity index (χ3v) is 11.3. The monoisotopic (exact) mass is 674 g/mol. The molecule has 9 aromatic carbocycles. The van der Waals surface area contributed by atoms with Gasteiger partial charge in [0.1, 0.15) is 5.58 Å². The Balaban J connectivity index is 1.32. The molecule has 0 fully saturated rings. The fourth-order valence-corrected chi connectivity index (χ4v) is 9.11. The number of para-hydroxylation sites is 4. The summed E-state index contributed by atoms with van der Waals surface area (Å²) < 4.78 is 9.32. The van der Waals surface area contributed by atoms with Gasteiger partial charge < -0.3 is 13.7 Å². The van der Waals surface area contributed by atoms with Crippen LogP contribution in [0.15, 0.2) is 186 Å². The summed E-state index contributed by atoms with van der Waals surface area (Å²) in [6, 6.07) is 66.0. The minimum atomic E-state index is 0.865. The highest BCUT2D eigenvalue weighted by atomic mass is 16.3. The number of rotatable bonds is 4. The lowest BCUT2D eigenvalue weighted by Gasteiger charge is -2.31. The molecule has 0 saturated carbocycles. The van der Waals surface area contributed by atoms with E-state index in [1.54, 1.807) is 0 Å². The van der Waals surface area contributed by atoms with E-state index in [1.807, 2.05) is 0 Å². The lowest BCUT2D eigenvalue weighted by molar-refractivity contribution is 0.669. The molecule has 0 spiro atoms. The molecule has 0 aliphatic carbocycles. The van der Waals surface area contributed by atoms with Crippen LogP contribution in [0.3, 0.4) is 0 Å². The first-order valence-corrected chi connectivity index (χ1v) is 18.2. The van der Waals surface area contributed by atoms with Gasteiger partial charge >= 0.3 is 0 Å². The molecule has 53 heavy (non-hydrogen) atoms. The Morgan fingerprint density at radius 1 is 0.396 bits per heavy atom. The number of nitrogens with zero attached hydrogens (tertiary/aromatic N) is 2. The van der Waals surface area contributed by atoms with Crippen LogP contribution in [0.1, 0.15) is 0 Å². The molecule has 0 bridgehead atoms. The molecule has 0 amide bonds. The van der Waals surface area contributed by atoms with Crippen molar-refractivity contribution in [3.63, 3.8) is 0 Å². The van der Waals surface area contributed by atoms with Crippen molar-refractivity contribution in [2.45, 2.75) is 0 Å². The Bertz CT molecular complexity index is 3320. The van der Waals surface area contributed by atoms with Crippen molar-refractivity contribution in [2.75, 3.05) is 4.90 Å². The summed E-state index contributed by atoms with van der Waals surface area (Å²) >= 11 is 0. The number of anilines is 3. The van der Waals surface area contributed by atoms with Crippen LogP contribution in [0.2, 0.25) is 0 Å². The molecule has 0 aliphatic rings. The summed E-state index contributed by atoms with van der Waals surface area (Å²) in [4.78, 5) is 2.49. The fourth-order valence-electron chi connectivity index (χ4n) is 9.11. The van der Waals surface area contributed by atoms with Crippen molar-refractivity contribution in [3.8, 4) is 11.1 Å². The zero-order valence-electron chi connectivity index (χ0n) is 28.6. The van der Waals surface area contributed by atoms with Crippen LogP contribution in [0, 0.1) is 0 Å². The molecule has 0 saturated heterocycles. The quantitative estimate of drug-likeness (QED) is 0.173. The third kappa shape index (κ3) is 3.88. The molecule has 0 N–H and O–H groups in total. The van der Waals surface area contributed by atoms with Crippen LogP contribution in [0.25, 0.3) is 92.7 Å². The highest BCUT2D eigenvalue weighted by Crippen LogP contribution is 2.53. The van der Waals surface area contributed by atoms with E-state index in [4.69, 9.17) is 4.42 Å². The van der Waals surface area contributed by atoms with E-state index in [9.17, 15) is 0 Å². The van der Waals surface area contributed by atoms with Crippen molar-refractivity contribution >= 4 is 98.6 Å². The molecule has 3 nitrogen and oxygen atoms in total. The summed E-state index contributed by atoms with van der Waals surface area (Å²) in [5, 5.41) is 12.0. The summed E-state index contributed by atoms with van der Waals surface area (Å²) in [7, 11) is 0. The fraction of sp³-hybridized carbons (Fsp3) is 0. The predicted octanol–water partition coefficient (Wildman–Crippen LogP) is 14.2. The molecule has 0 unspecified atom stereocenters. The number of fused-ring (bicyclic) bond motifs is 12. The summed E-state index contributed by atoms with van der Waals surface area (Å²) in [5.41, 5.74) is 11.0. The molecular formula is C50H30N2O. The molecule has 0 radical (unpaired) electrons. The van der Waals surface area contributed by atoms with E-state index in [1.165, 1.54) is 70.8 Å². The normalized spacial score (nSPS) is 12.2. The average molecular weight is 675 g/mol. The number of hydrogen-bond acceptors (Lipinski definition) is 2. The smallest absolute Gasteiger partial charge is 0.159 e. The van der Waals surface area contributed by atoms with Crippen LogP contribution < -0.4 is 4.90 Å². The maximum atomic E-state index is 6.87. The highest BCUT2D eigenvalue weighted by Gasteiger charge is 2.28. The summed E-state index contributed by atoms with van der Waals surface area (Å²) in [6.07, 6.45) is 0.